The van der Waals surface area contributed by atoms with Gasteiger partial charge in [-0.3, -0.25) is 14.5 Å². The predicted octanol–water partition coefficient (Wildman–Crippen LogP) is 0.674. The number of hydrogen-bond acceptors (Lipinski definition) is 6. The first-order valence-electron chi connectivity index (χ1n) is 9.87. The maximum Gasteiger partial charge on any atom is 0.272 e. The van der Waals surface area contributed by atoms with Crippen molar-refractivity contribution >= 4 is 17.6 Å². The normalized spacial score (nSPS) is 24.0. The number of aromatic nitrogens is 4. The van der Waals surface area contributed by atoms with Gasteiger partial charge in [0.25, 0.3) is 11.7 Å². The molecule has 0 aromatic carbocycles. The molecule has 1 spiro atoms. The summed E-state index contributed by atoms with van der Waals surface area (Å²) < 4.78 is 1.69. The number of piperazine rings is 1. The monoisotopic (exact) mass is 385 g/mol. The molecule has 0 aliphatic carbocycles. The standard InChI is InChI=1S/C19H27N7O2/c1-13(2)15-10-14(23-18-21-12-22-26(15)18)17(28)25-9-8-24(3)19(11-25)5-4-16(27)20-7-6-19/h10,12-13H,4-9,11H2,1-3H3,(H,20,27). The van der Waals surface area contributed by atoms with E-state index >= 15 is 0 Å². The van der Waals surface area contributed by atoms with E-state index in [1.165, 1.54) is 6.33 Å². The molecule has 2 aromatic heterocycles. The summed E-state index contributed by atoms with van der Waals surface area (Å²) in [5.41, 5.74) is 1.15. The van der Waals surface area contributed by atoms with Crippen LogP contribution in [0, 0.1) is 0 Å². The lowest BCUT2D eigenvalue weighted by molar-refractivity contribution is -0.121. The van der Waals surface area contributed by atoms with Gasteiger partial charge in [0.05, 0.1) is 5.69 Å². The Morgan fingerprint density at radius 2 is 2.11 bits per heavy atom. The van der Waals surface area contributed by atoms with E-state index < -0.39 is 0 Å². The molecule has 2 aliphatic rings. The summed E-state index contributed by atoms with van der Waals surface area (Å²) in [5.74, 6) is 0.650. The lowest BCUT2D eigenvalue weighted by atomic mass is 9.86. The smallest absolute Gasteiger partial charge is 0.272 e. The molecule has 9 nitrogen and oxygen atoms in total. The molecular weight excluding hydrogens is 358 g/mol. The second-order valence-corrected chi connectivity index (χ2v) is 8.17. The number of hydrogen-bond donors (Lipinski definition) is 1. The minimum absolute atomic E-state index is 0.0802. The van der Waals surface area contributed by atoms with Crippen LogP contribution in [0.5, 0.6) is 0 Å². The first-order chi connectivity index (χ1) is 13.4. The lowest BCUT2D eigenvalue weighted by Crippen LogP contribution is -2.62. The Hall–Kier alpha value is -2.55. The average molecular weight is 385 g/mol. The second-order valence-electron chi connectivity index (χ2n) is 8.17. The quantitative estimate of drug-likeness (QED) is 0.817. The van der Waals surface area contributed by atoms with Gasteiger partial charge in [0, 0.05) is 38.1 Å². The van der Waals surface area contributed by atoms with Gasteiger partial charge in [0.1, 0.15) is 12.0 Å². The Kier molecular flexibility index (Phi) is 4.78. The molecule has 2 aromatic rings. The molecule has 28 heavy (non-hydrogen) atoms. The number of rotatable bonds is 2. The van der Waals surface area contributed by atoms with Crippen LogP contribution in [-0.4, -0.2) is 80.0 Å². The second kappa shape index (κ2) is 7.12. The Bertz CT molecular complexity index is 909. The van der Waals surface area contributed by atoms with E-state index in [4.69, 9.17) is 0 Å². The molecule has 2 saturated heterocycles. The fourth-order valence-corrected chi connectivity index (χ4v) is 4.29. The SMILES string of the molecule is CC(C)c1cc(C(=O)N2CCN(C)C3(CCNC(=O)CC3)C2)nc2ncnn12. The summed E-state index contributed by atoms with van der Waals surface area (Å²) in [7, 11) is 2.09. The summed E-state index contributed by atoms with van der Waals surface area (Å²) in [6.07, 6.45) is 3.55. The van der Waals surface area contributed by atoms with Crippen molar-refractivity contribution in [3.05, 3.63) is 23.8 Å². The van der Waals surface area contributed by atoms with E-state index in [0.29, 0.717) is 37.5 Å². The Balaban J connectivity index is 1.63. The molecule has 0 radical (unpaired) electrons. The van der Waals surface area contributed by atoms with Crippen molar-refractivity contribution in [1.82, 2.24) is 34.7 Å². The minimum Gasteiger partial charge on any atom is -0.356 e. The van der Waals surface area contributed by atoms with Gasteiger partial charge in [-0.05, 0) is 31.9 Å². The van der Waals surface area contributed by atoms with Crippen molar-refractivity contribution in [2.75, 3.05) is 33.2 Å². The third-order valence-corrected chi connectivity index (χ3v) is 6.11. The number of fused-ring (bicyclic) bond motifs is 1. The maximum absolute atomic E-state index is 13.3. The van der Waals surface area contributed by atoms with Crippen molar-refractivity contribution in [3.8, 4) is 0 Å². The van der Waals surface area contributed by atoms with E-state index in [9.17, 15) is 9.59 Å². The number of carbonyl (C=O) groups excluding carboxylic acids is 2. The summed E-state index contributed by atoms with van der Waals surface area (Å²) in [6.45, 7) is 6.80. The summed E-state index contributed by atoms with van der Waals surface area (Å²) in [4.78, 5) is 38.0. The van der Waals surface area contributed by atoms with Crippen LogP contribution in [-0.2, 0) is 4.79 Å². The highest BCUT2D eigenvalue weighted by molar-refractivity contribution is 5.93. The van der Waals surface area contributed by atoms with Gasteiger partial charge in [-0.1, -0.05) is 13.8 Å². The highest BCUT2D eigenvalue weighted by atomic mass is 16.2. The topological polar surface area (TPSA) is 95.7 Å². The molecule has 4 heterocycles. The van der Waals surface area contributed by atoms with E-state index in [1.54, 1.807) is 4.52 Å². The number of amides is 2. The van der Waals surface area contributed by atoms with Crippen LogP contribution in [0.4, 0.5) is 0 Å². The molecule has 0 bridgehead atoms. The molecule has 1 N–H and O–H groups in total. The van der Waals surface area contributed by atoms with Gasteiger partial charge in [-0.25, -0.2) is 9.50 Å². The van der Waals surface area contributed by atoms with Gasteiger partial charge in [-0.2, -0.15) is 10.1 Å². The van der Waals surface area contributed by atoms with Crippen LogP contribution < -0.4 is 5.32 Å². The highest BCUT2D eigenvalue weighted by Gasteiger charge is 2.42. The summed E-state index contributed by atoms with van der Waals surface area (Å²) in [6, 6.07) is 1.83. The first-order valence-corrected chi connectivity index (χ1v) is 9.87. The van der Waals surface area contributed by atoms with Gasteiger partial charge < -0.3 is 10.2 Å². The van der Waals surface area contributed by atoms with Crippen molar-refractivity contribution in [2.45, 2.75) is 44.6 Å². The van der Waals surface area contributed by atoms with Crippen LogP contribution in [0.1, 0.15) is 55.2 Å². The maximum atomic E-state index is 13.3. The molecule has 1 unspecified atom stereocenters. The van der Waals surface area contributed by atoms with Gasteiger partial charge in [0.2, 0.25) is 5.91 Å². The zero-order chi connectivity index (χ0) is 19.9. The number of nitrogens with one attached hydrogen (secondary N) is 1. The van der Waals surface area contributed by atoms with Gasteiger partial charge >= 0.3 is 0 Å². The third-order valence-electron chi connectivity index (χ3n) is 6.11. The summed E-state index contributed by atoms with van der Waals surface area (Å²) >= 11 is 0. The van der Waals surface area contributed by atoms with E-state index in [1.807, 2.05) is 11.0 Å². The third kappa shape index (κ3) is 3.23. The molecule has 1 atom stereocenters. The molecule has 2 aliphatic heterocycles. The fraction of sp³-hybridized carbons (Fsp3) is 0.632. The molecule has 150 valence electrons. The minimum atomic E-state index is -0.174. The molecular formula is C19H27N7O2. The van der Waals surface area contributed by atoms with Crippen LogP contribution in [0.15, 0.2) is 12.4 Å². The van der Waals surface area contributed by atoms with Crippen LogP contribution in [0.25, 0.3) is 5.78 Å². The van der Waals surface area contributed by atoms with E-state index in [0.717, 1.165) is 25.1 Å². The zero-order valence-corrected chi connectivity index (χ0v) is 16.7. The molecule has 0 saturated carbocycles. The average Bonchev–Trinajstić information content (AvgIpc) is 3.07. The predicted molar refractivity (Wildman–Crippen MR) is 103 cm³/mol. The van der Waals surface area contributed by atoms with E-state index in [-0.39, 0.29) is 23.3 Å². The van der Waals surface area contributed by atoms with Crippen LogP contribution >= 0.6 is 0 Å². The van der Waals surface area contributed by atoms with E-state index in [2.05, 4.69) is 46.2 Å². The zero-order valence-electron chi connectivity index (χ0n) is 16.7. The van der Waals surface area contributed by atoms with Gasteiger partial charge in [0.15, 0.2) is 0 Å². The van der Waals surface area contributed by atoms with Crippen molar-refractivity contribution < 1.29 is 9.59 Å². The molecule has 4 rings (SSSR count). The molecule has 2 amide bonds. The van der Waals surface area contributed by atoms with Crippen LogP contribution in [0.2, 0.25) is 0 Å². The van der Waals surface area contributed by atoms with Crippen LogP contribution in [0.3, 0.4) is 0 Å². The summed E-state index contributed by atoms with van der Waals surface area (Å²) in [5, 5.41) is 7.17. The molecule has 9 heteroatoms. The lowest BCUT2D eigenvalue weighted by Gasteiger charge is -2.49. The Morgan fingerprint density at radius 1 is 1.29 bits per heavy atom. The van der Waals surface area contributed by atoms with Crippen molar-refractivity contribution in [2.24, 2.45) is 0 Å². The number of likely N-dealkylation sites (N-methyl/N-ethyl adjacent to an activating group) is 1. The largest absolute Gasteiger partial charge is 0.356 e. The van der Waals surface area contributed by atoms with Gasteiger partial charge in [-0.15, -0.1) is 0 Å². The fourth-order valence-electron chi connectivity index (χ4n) is 4.29. The Morgan fingerprint density at radius 3 is 2.89 bits per heavy atom. The first kappa shape index (κ1) is 18.8. The van der Waals surface area contributed by atoms with Crippen molar-refractivity contribution in [3.63, 3.8) is 0 Å². The number of carbonyl (C=O) groups is 2. The molecule has 2 fully saturated rings. The number of nitrogens with zero attached hydrogens (tertiary/aromatic N) is 6. The van der Waals surface area contributed by atoms with Crippen molar-refractivity contribution in [1.29, 1.82) is 0 Å². The Labute approximate surface area is 164 Å². The highest BCUT2D eigenvalue weighted by Crippen LogP contribution is 2.31.